The maximum absolute atomic E-state index is 12.6. The highest BCUT2D eigenvalue weighted by molar-refractivity contribution is 5.87. The van der Waals surface area contributed by atoms with Gasteiger partial charge in [-0.25, -0.2) is 0 Å². The Morgan fingerprint density at radius 3 is 2.58 bits per heavy atom. The number of nitriles is 1. The van der Waals surface area contributed by atoms with Crippen molar-refractivity contribution in [3.8, 4) is 11.8 Å². The van der Waals surface area contributed by atoms with Crippen molar-refractivity contribution in [2.75, 3.05) is 51.8 Å². The molecular formula is C19H24N4O3. The molecule has 1 fully saturated rings. The fourth-order valence-corrected chi connectivity index (χ4v) is 3.15. The predicted molar refractivity (Wildman–Crippen MR) is 101 cm³/mol. The molecule has 2 heterocycles. The lowest BCUT2D eigenvalue weighted by molar-refractivity contribution is 0.119. The van der Waals surface area contributed by atoms with Crippen LogP contribution in [0.5, 0.6) is 5.75 Å². The molecule has 2 aromatic rings. The molecule has 0 saturated carbocycles. The Labute approximate surface area is 152 Å². The highest BCUT2D eigenvalue weighted by Gasteiger charge is 2.21. The highest BCUT2D eigenvalue weighted by Crippen LogP contribution is 2.33. The number of fused-ring (bicyclic) bond motifs is 1. The lowest BCUT2D eigenvalue weighted by Crippen LogP contribution is -2.44. The molecule has 0 aliphatic carbocycles. The van der Waals surface area contributed by atoms with E-state index in [1.165, 1.54) is 10.9 Å². The van der Waals surface area contributed by atoms with Crippen molar-refractivity contribution in [1.82, 2.24) is 9.63 Å². The minimum Gasteiger partial charge on any atom is -0.495 e. The van der Waals surface area contributed by atoms with Gasteiger partial charge in [-0.3, -0.25) is 4.79 Å². The normalized spacial score (nSPS) is 15.1. The van der Waals surface area contributed by atoms with Crippen LogP contribution < -0.4 is 19.9 Å². The Morgan fingerprint density at radius 2 is 1.96 bits per heavy atom. The zero-order valence-electron chi connectivity index (χ0n) is 15.5. The number of hydrogen-bond acceptors (Lipinski definition) is 6. The van der Waals surface area contributed by atoms with E-state index in [4.69, 9.17) is 9.57 Å². The smallest absolute Gasteiger partial charge is 0.207 e. The van der Waals surface area contributed by atoms with Gasteiger partial charge in [-0.15, -0.1) is 0 Å². The van der Waals surface area contributed by atoms with Gasteiger partial charge in [0.05, 0.1) is 29.9 Å². The molecule has 26 heavy (non-hydrogen) atoms. The molecule has 0 radical (unpaired) electrons. The van der Waals surface area contributed by atoms with Gasteiger partial charge in [0.2, 0.25) is 5.43 Å². The standard InChI is InChI=1S/C19H24N4O3/c1-4-9-26-23-13-14(12-20)19(24)15-10-18(25-3)17(11-16(15)23)22-7-5-21(2)6-8-22/h10-11,13H,4-9H2,1-3H3. The topological polar surface area (TPSA) is 70.7 Å². The number of nitrogens with zero attached hydrogens (tertiary/aromatic N) is 4. The SMILES string of the molecule is CCCOn1cc(C#N)c(=O)c2cc(OC)c(N3CCN(C)CC3)cc21. The third kappa shape index (κ3) is 3.33. The number of aromatic nitrogens is 1. The molecule has 1 aliphatic heterocycles. The lowest BCUT2D eigenvalue weighted by atomic mass is 10.1. The number of hydrogen-bond donors (Lipinski definition) is 0. The Morgan fingerprint density at radius 1 is 1.23 bits per heavy atom. The molecule has 7 heteroatoms. The molecule has 3 rings (SSSR count). The summed E-state index contributed by atoms with van der Waals surface area (Å²) in [5, 5.41) is 9.70. The molecule has 1 aromatic carbocycles. The van der Waals surface area contributed by atoms with E-state index in [9.17, 15) is 10.1 Å². The average molecular weight is 356 g/mol. The molecule has 0 amide bonds. The summed E-state index contributed by atoms with van der Waals surface area (Å²) >= 11 is 0. The Kier molecular flexibility index (Phi) is 5.33. The van der Waals surface area contributed by atoms with Gasteiger partial charge in [-0.05, 0) is 25.6 Å². The summed E-state index contributed by atoms with van der Waals surface area (Å²) in [6, 6.07) is 5.60. The Bertz CT molecular complexity index is 892. The van der Waals surface area contributed by atoms with Gasteiger partial charge < -0.3 is 19.4 Å². The summed E-state index contributed by atoms with van der Waals surface area (Å²) in [4.78, 5) is 22.9. The summed E-state index contributed by atoms with van der Waals surface area (Å²) < 4.78 is 7.10. The second-order valence-electron chi connectivity index (χ2n) is 6.47. The van der Waals surface area contributed by atoms with Crippen LogP contribution in [-0.2, 0) is 0 Å². The van der Waals surface area contributed by atoms with Crippen molar-refractivity contribution in [3.63, 3.8) is 0 Å². The summed E-state index contributed by atoms with van der Waals surface area (Å²) in [6.07, 6.45) is 2.30. The van der Waals surface area contributed by atoms with Crippen LogP contribution in [0.15, 0.2) is 23.1 Å². The molecule has 138 valence electrons. The van der Waals surface area contributed by atoms with E-state index in [0.29, 0.717) is 23.3 Å². The number of anilines is 1. The van der Waals surface area contributed by atoms with Gasteiger partial charge in [0.1, 0.15) is 24.0 Å². The van der Waals surface area contributed by atoms with Crippen LogP contribution in [-0.4, -0.2) is 56.6 Å². The molecule has 0 spiro atoms. The van der Waals surface area contributed by atoms with Crippen molar-refractivity contribution >= 4 is 16.6 Å². The number of likely N-dealkylation sites (N-methyl/N-ethyl adjacent to an activating group) is 1. The molecule has 0 bridgehead atoms. The van der Waals surface area contributed by atoms with Crippen LogP contribution in [0.1, 0.15) is 18.9 Å². The number of pyridine rings is 1. The third-order valence-electron chi connectivity index (χ3n) is 4.67. The van der Waals surface area contributed by atoms with E-state index in [0.717, 1.165) is 38.3 Å². The third-order valence-corrected chi connectivity index (χ3v) is 4.67. The van der Waals surface area contributed by atoms with Crippen molar-refractivity contribution < 1.29 is 9.57 Å². The molecule has 0 N–H and O–H groups in total. The van der Waals surface area contributed by atoms with E-state index in [2.05, 4.69) is 16.8 Å². The summed E-state index contributed by atoms with van der Waals surface area (Å²) in [5.74, 6) is 0.635. The summed E-state index contributed by atoms with van der Waals surface area (Å²) in [7, 11) is 3.70. The Hall–Kier alpha value is -2.72. The number of rotatable bonds is 5. The first-order chi connectivity index (χ1) is 12.6. The second kappa shape index (κ2) is 7.67. The lowest BCUT2D eigenvalue weighted by Gasteiger charge is -2.35. The molecule has 1 aliphatic rings. The van der Waals surface area contributed by atoms with Crippen LogP contribution in [0.3, 0.4) is 0 Å². The fraction of sp³-hybridized carbons (Fsp3) is 0.474. The van der Waals surface area contributed by atoms with Gasteiger partial charge in [0.15, 0.2) is 0 Å². The zero-order chi connectivity index (χ0) is 18.7. The van der Waals surface area contributed by atoms with Crippen molar-refractivity contribution in [2.45, 2.75) is 13.3 Å². The van der Waals surface area contributed by atoms with Gasteiger partial charge in [-0.1, -0.05) is 6.92 Å². The van der Waals surface area contributed by atoms with Crippen LogP contribution in [0.2, 0.25) is 0 Å². The van der Waals surface area contributed by atoms with Gasteiger partial charge >= 0.3 is 0 Å². The monoisotopic (exact) mass is 356 g/mol. The summed E-state index contributed by atoms with van der Waals surface area (Å²) in [5.41, 5.74) is 1.34. The fourth-order valence-electron chi connectivity index (χ4n) is 3.15. The highest BCUT2D eigenvalue weighted by atomic mass is 16.7. The van der Waals surface area contributed by atoms with E-state index in [-0.39, 0.29) is 11.0 Å². The maximum atomic E-state index is 12.6. The number of ether oxygens (including phenoxy) is 1. The van der Waals surface area contributed by atoms with E-state index in [1.807, 2.05) is 19.1 Å². The first-order valence-electron chi connectivity index (χ1n) is 8.83. The quantitative estimate of drug-likeness (QED) is 0.808. The minimum absolute atomic E-state index is 0.0583. The zero-order valence-corrected chi connectivity index (χ0v) is 15.5. The van der Waals surface area contributed by atoms with Crippen LogP contribution in [0.4, 0.5) is 5.69 Å². The first-order valence-corrected chi connectivity index (χ1v) is 8.83. The molecule has 1 aromatic heterocycles. The second-order valence-corrected chi connectivity index (χ2v) is 6.47. The van der Waals surface area contributed by atoms with E-state index in [1.54, 1.807) is 13.2 Å². The molecular weight excluding hydrogens is 332 g/mol. The van der Waals surface area contributed by atoms with Crippen LogP contribution in [0.25, 0.3) is 10.9 Å². The molecule has 0 unspecified atom stereocenters. The van der Waals surface area contributed by atoms with E-state index >= 15 is 0 Å². The van der Waals surface area contributed by atoms with Crippen molar-refractivity contribution in [3.05, 3.63) is 34.1 Å². The minimum atomic E-state index is -0.304. The predicted octanol–water partition coefficient (Wildman–Crippen LogP) is 1.47. The largest absolute Gasteiger partial charge is 0.495 e. The molecule has 1 saturated heterocycles. The van der Waals surface area contributed by atoms with Gasteiger partial charge in [0.25, 0.3) is 0 Å². The number of piperazine rings is 1. The average Bonchev–Trinajstić information content (AvgIpc) is 2.67. The molecule has 0 atom stereocenters. The first kappa shape index (κ1) is 18.1. The van der Waals surface area contributed by atoms with Gasteiger partial charge in [-0.2, -0.15) is 9.99 Å². The molecule has 7 nitrogen and oxygen atoms in total. The van der Waals surface area contributed by atoms with Crippen LogP contribution >= 0.6 is 0 Å². The van der Waals surface area contributed by atoms with E-state index < -0.39 is 0 Å². The van der Waals surface area contributed by atoms with Crippen LogP contribution in [0, 0.1) is 11.3 Å². The van der Waals surface area contributed by atoms with Gasteiger partial charge in [0, 0.05) is 26.2 Å². The number of benzene rings is 1. The Balaban J connectivity index is 2.18. The van der Waals surface area contributed by atoms with Crippen molar-refractivity contribution in [2.24, 2.45) is 0 Å². The summed E-state index contributed by atoms with van der Waals surface area (Å²) in [6.45, 7) is 6.21. The number of methoxy groups -OCH3 is 1. The maximum Gasteiger partial charge on any atom is 0.207 e. The van der Waals surface area contributed by atoms with Crippen molar-refractivity contribution in [1.29, 1.82) is 5.26 Å².